The second-order valence-corrected chi connectivity index (χ2v) is 3.70. The molecule has 4 nitrogen and oxygen atoms in total. The molecule has 2 aliphatic heterocycles. The first-order chi connectivity index (χ1) is 5.61. The minimum atomic E-state index is -0.0528. The first-order valence-corrected chi connectivity index (χ1v) is 4.18. The van der Waals surface area contributed by atoms with Crippen LogP contribution in [0.3, 0.4) is 0 Å². The summed E-state index contributed by atoms with van der Waals surface area (Å²) in [4.78, 5) is 23.5. The summed E-state index contributed by atoms with van der Waals surface area (Å²) >= 11 is 0. The molecule has 2 saturated heterocycles. The van der Waals surface area contributed by atoms with Crippen LogP contribution in [0, 0.1) is 0 Å². The third kappa shape index (κ3) is 0.983. The van der Waals surface area contributed by atoms with Crippen LogP contribution in [0.2, 0.25) is 0 Å². The number of nitrogens with one attached hydrogen (secondary N) is 1. The van der Waals surface area contributed by atoms with Crippen molar-refractivity contribution >= 4 is 11.8 Å². The van der Waals surface area contributed by atoms with Gasteiger partial charge in [0.25, 0.3) is 0 Å². The minimum Gasteiger partial charge on any atom is -0.348 e. The predicted molar refractivity (Wildman–Crippen MR) is 42.4 cm³/mol. The Bertz CT molecular complexity index is 241. The number of β-lactam (4-membered cyclic amide) rings is 1. The van der Waals surface area contributed by atoms with E-state index in [4.69, 9.17) is 0 Å². The molecule has 2 heterocycles. The summed E-state index contributed by atoms with van der Waals surface area (Å²) in [5.74, 6) is 0.216. The second-order valence-electron chi connectivity index (χ2n) is 3.70. The molecule has 0 aromatic rings. The SMILES string of the molecule is CC(=O)N1CC[C@@]2(CC(=O)N2)C1. The van der Waals surface area contributed by atoms with Gasteiger partial charge in [0.1, 0.15) is 0 Å². The van der Waals surface area contributed by atoms with E-state index in [0.717, 1.165) is 13.0 Å². The Labute approximate surface area is 70.9 Å². The molecule has 66 valence electrons. The maximum Gasteiger partial charge on any atom is 0.222 e. The molecule has 12 heavy (non-hydrogen) atoms. The average Bonchev–Trinajstić information content (AvgIpc) is 2.31. The summed E-state index contributed by atoms with van der Waals surface area (Å²) in [6, 6.07) is 0. The van der Waals surface area contributed by atoms with Crippen molar-refractivity contribution in [2.24, 2.45) is 0 Å². The zero-order valence-corrected chi connectivity index (χ0v) is 7.09. The Morgan fingerprint density at radius 1 is 1.67 bits per heavy atom. The third-order valence-electron chi connectivity index (χ3n) is 2.70. The van der Waals surface area contributed by atoms with E-state index in [1.54, 1.807) is 11.8 Å². The van der Waals surface area contributed by atoms with Crippen molar-refractivity contribution in [1.29, 1.82) is 0 Å². The van der Waals surface area contributed by atoms with Gasteiger partial charge in [0.2, 0.25) is 11.8 Å². The summed E-state index contributed by atoms with van der Waals surface area (Å²) in [7, 11) is 0. The molecule has 0 bridgehead atoms. The summed E-state index contributed by atoms with van der Waals surface area (Å²) in [5, 5.41) is 2.87. The van der Waals surface area contributed by atoms with Gasteiger partial charge in [-0.1, -0.05) is 0 Å². The van der Waals surface area contributed by atoms with Crippen LogP contribution in [-0.4, -0.2) is 35.3 Å². The Kier molecular flexibility index (Phi) is 1.40. The summed E-state index contributed by atoms with van der Waals surface area (Å²) in [6.45, 7) is 3.06. The largest absolute Gasteiger partial charge is 0.348 e. The number of carbonyl (C=O) groups is 2. The van der Waals surface area contributed by atoms with Crippen molar-refractivity contribution in [3.8, 4) is 0 Å². The van der Waals surface area contributed by atoms with E-state index in [9.17, 15) is 9.59 Å². The fourth-order valence-electron chi connectivity index (χ4n) is 1.97. The molecular formula is C8H12N2O2. The zero-order valence-electron chi connectivity index (χ0n) is 7.09. The number of hydrogen-bond acceptors (Lipinski definition) is 2. The van der Waals surface area contributed by atoms with E-state index >= 15 is 0 Å². The van der Waals surface area contributed by atoms with E-state index in [2.05, 4.69) is 5.32 Å². The van der Waals surface area contributed by atoms with Gasteiger partial charge in [-0.05, 0) is 6.42 Å². The Balaban J connectivity index is 1.99. The maximum atomic E-state index is 11.0. The van der Waals surface area contributed by atoms with Crippen molar-refractivity contribution in [3.05, 3.63) is 0 Å². The Hall–Kier alpha value is -1.06. The van der Waals surface area contributed by atoms with Gasteiger partial charge in [0.15, 0.2) is 0 Å². The molecule has 2 amide bonds. The van der Waals surface area contributed by atoms with Crippen LogP contribution in [0.5, 0.6) is 0 Å². The highest BCUT2D eigenvalue weighted by Crippen LogP contribution is 2.30. The number of amides is 2. The number of nitrogens with zero attached hydrogens (tertiary/aromatic N) is 1. The predicted octanol–water partition coefficient (Wildman–Crippen LogP) is -0.503. The van der Waals surface area contributed by atoms with Gasteiger partial charge in [-0.2, -0.15) is 0 Å². The highest BCUT2D eigenvalue weighted by Gasteiger charge is 2.48. The van der Waals surface area contributed by atoms with Crippen molar-refractivity contribution in [1.82, 2.24) is 10.2 Å². The smallest absolute Gasteiger partial charge is 0.222 e. The summed E-state index contributed by atoms with van der Waals surface area (Å²) in [6.07, 6.45) is 1.51. The van der Waals surface area contributed by atoms with Gasteiger partial charge < -0.3 is 10.2 Å². The van der Waals surface area contributed by atoms with Gasteiger partial charge in [-0.3, -0.25) is 9.59 Å². The Morgan fingerprint density at radius 3 is 2.75 bits per heavy atom. The van der Waals surface area contributed by atoms with E-state index in [0.29, 0.717) is 13.0 Å². The van der Waals surface area contributed by atoms with Gasteiger partial charge in [0.05, 0.1) is 12.0 Å². The van der Waals surface area contributed by atoms with Crippen LogP contribution in [0.15, 0.2) is 0 Å². The normalized spacial score (nSPS) is 33.4. The van der Waals surface area contributed by atoms with Crippen molar-refractivity contribution in [3.63, 3.8) is 0 Å². The lowest BCUT2D eigenvalue weighted by Crippen LogP contribution is -2.62. The standard InChI is InChI=1S/C8H12N2O2/c1-6(11)10-3-2-8(5-10)4-7(12)9-8/h2-5H2,1H3,(H,9,12)/t8-/m1/s1. The van der Waals surface area contributed by atoms with Gasteiger partial charge in [-0.25, -0.2) is 0 Å². The minimum absolute atomic E-state index is 0.0528. The molecule has 0 saturated carbocycles. The number of rotatable bonds is 0. The van der Waals surface area contributed by atoms with Crippen molar-refractivity contribution in [2.45, 2.75) is 25.3 Å². The average molecular weight is 168 g/mol. The van der Waals surface area contributed by atoms with Gasteiger partial charge >= 0.3 is 0 Å². The first kappa shape index (κ1) is 7.58. The van der Waals surface area contributed by atoms with Crippen LogP contribution < -0.4 is 5.32 Å². The molecule has 2 rings (SSSR count). The van der Waals surface area contributed by atoms with Crippen LogP contribution in [0.4, 0.5) is 0 Å². The fourth-order valence-corrected chi connectivity index (χ4v) is 1.97. The van der Waals surface area contributed by atoms with Crippen LogP contribution >= 0.6 is 0 Å². The van der Waals surface area contributed by atoms with Gasteiger partial charge in [-0.15, -0.1) is 0 Å². The van der Waals surface area contributed by atoms with Gasteiger partial charge in [0, 0.05) is 20.0 Å². The highest BCUT2D eigenvalue weighted by atomic mass is 16.2. The van der Waals surface area contributed by atoms with Crippen LogP contribution in [0.25, 0.3) is 0 Å². The number of likely N-dealkylation sites (tertiary alicyclic amines) is 1. The first-order valence-electron chi connectivity index (χ1n) is 4.18. The maximum absolute atomic E-state index is 11.0. The number of carbonyl (C=O) groups excluding carboxylic acids is 2. The second kappa shape index (κ2) is 2.21. The molecular weight excluding hydrogens is 156 g/mol. The quantitative estimate of drug-likeness (QED) is 0.496. The summed E-state index contributed by atoms with van der Waals surface area (Å²) < 4.78 is 0. The molecule has 1 spiro atoms. The molecule has 2 fully saturated rings. The van der Waals surface area contributed by atoms with E-state index in [1.807, 2.05) is 0 Å². The molecule has 4 heteroatoms. The van der Waals surface area contributed by atoms with E-state index in [1.165, 1.54) is 0 Å². The molecule has 2 aliphatic rings. The molecule has 0 aromatic carbocycles. The fraction of sp³-hybridized carbons (Fsp3) is 0.750. The van der Waals surface area contributed by atoms with Crippen LogP contribution in [-0.2, 0) is 9.59 Å². The van der Waals surface area contributed by atoms with E-state index < -0.39 is 0 Å². The summed E-state index contributed by atoms with van der Waals surface area (Å²) in [5.41, 5.74) is -0.0528. The lowest BCUT2D eigenvalue weighted by atomic mass is 9.86. The molecule has 0 aromatic heterocycles. The zero-order chi connectivity index (χ0) is 8.77. The van der Waals surface area contributed by atoms with Crippen LogP contribution in [0.1, 0.15) is 19.8 Å². The van der Waals surface area contributed by atoms with Crippen molar-refractivity contribution < 1.29 is 9.59 Å². The molecule has 1 N–H and O–H groups in total. The van der Waals surface area contributed by atoms with E-state index in [-0.39, 0.29) is 17.4 Å². The Morgan fingerprint density at radius 2 is 2.33 bits per heavy atom. The topological polar surface area (TPSA) is 49.4 Å². The molecule has 0 unspecified atom stereocenters. The molecule has 1 atom stereocenters. The lowest BCUT2D eigenvalue weighted by Gasteiger charge is -2.38. The highest BCUT2D eigenvalue weighted by molar-refractivity contribution is 5.85. The molecule has 0 radical (unpaired) electrons. The third-order valence-corrected chi connectivity index (χ3v) is 2.70. The van der Waals surface area contributed by atoms with Crippen molar-refractivity contribution in [2.75, 3.05) is 13.1 Å². The lowest BCUT2D eigenvalue weighted by molar-refractivity contribution is -0.134. The number of hydrogen-bond donors (Lipinski definition) is 1. The molecule has 0 aliphatic carbocycles. The monoisotopic (exact) mass is 168 g/mol.